The minimum atomic E-state index is 0.350. The van der Waals surface area contributed by atoms with E-state index in [-0.39, 0.29) is 0 Å². The van der Waals surface area contributed by atoms with Gasteiger partial charge in [-0.15, -0.1) is 0 Å². The Bertz CT molecular complexity index is 457. The Morgan fingerprint density at radius 3 is 3.00 bits per heavy atom. The van der Waals surface area contributed by atoms with Crippen molar-refractivity contribution >= 4 is 11.6 Å². The zero-order chi connectivity index (χ0) is 10.7. The van der Waals surface area contributed by atoms with E-state index in [0.717, 1.165) is 6.54 Å². The van der Waals surface area contributed by atoms with E-state index in [0.29, 0.717) is 16.8 Å². The molecule has 0 saturated carbocycles. The summed E-state index contributed by atoms with van der Waals surface area (Å²) in [5.41, 5.74) is 0. The lowest BCUT2D eigenvalue weighted by Gasteiger charge is -2.00. The van der Waals surface area contributed by atoms with Crippen molar-refractivity contribution < 1.29 is 4.74 Å². The van der Waals surface area contributed by atoms with Gasteiger partial charge in [-0.05, 0) is 6.92 Å². The van der Waals surface area contributed by atoms with Gasteiger partial charge in [0.25, 0.3) is 0 Å². The molecule has 0 radical (unpaired) electrons. The fraction of sp³-hybridized carbons (Fsp3) is 0.222. The van der Waals surface area contributed by atoms with E-state index in [1.807, 2.05) is 6.92 Å². The summed E-state index contributed by atoms with van der Waals surface area (Å²) < 4.78 is 7.18. The number of aryl methyl sites for hydroxylation is 1. The van der Waals surface area contributed by atoms with E-state index < -0.39 is 0 Å². The minimum absolute atomic E-state index is 0.350. The van der Waals surface area contributed by atoms with Gasteiger partial charge in [0.1, 0.15) is 11.5 Å². The Hall–Kier alpha value is -1.62. The largest absolute Gasteiger partial charge is 0.436 e. The molecule has 0 fully saturated rings. The molecule has 0 atom stereocenters. The van der Waals surface area contributed by atoms with Crippen LogP contribution < -0.4 is 4.74 Å². The number of halogens is 1. The first-order valence-corrected chi connectivity index (χ1v) is 4.83. The standard InChI is InChI=1S/C9H9ClN4O/c1-2-14-5-7(4-13-14)15-9-3-8(10)11-6-12-9/h3-6H,2H2,1H3. The summed E-state index contributed by atoms with van der Waals surface area (Å²) in [4.78, 5) is 7.67. The highest BCUT2D eigenvalue weighted by atomic mass is 35.5. The van der Waals surface area contributed by atoms with E-state index in [4.69, 9.17) is 16.3 Å². The topological polar surface area (TPSA) is 52.8 Å². The lowest BCUT2D eigenvalue weighted by atomic mass is 10.6. The number of hydrogen-bond acceptors (Lipinski definition) is 4. The molecule has 78 valence electrons. The molecule has 0 saturated heterocycles. The molecule has 0 unspecified atom stereocenters. The van der Waals surface area contributed by atoms with E-state index in [1.54, 1.807) is 23.1 Å². The minimum Gasteiger partial charge on any atom is -0.436 e. The van der Waals surface area contributed by atoms with Crippen LogP contribution in [0, 0.1) is 0 Å². The maximum Gasteiger partial charge on any atom is 0.223 e. The SMILES string of the molecule is CCn1cc(Oc2cc(Cl)ncn2)cn1. The van der Waals surface area contributed by atoms with Crippen molar-refractivity contribution in [1.29, 1.82) is 0 Å². The van der Waals surface area contributed by atoms with Gasteiger partial charge in [-0.1, -0.05) is 11.6 Å². The van der Waals surface area contributed by atoms with Crippen molar-refractivity contribution in [3.05, 3.63) is 29.9 Å². The lowest BCUT2D eigenvalue weighted by molar-refractivity contribution is 0.460. The summed E-state index contributed by atoms with van der Waals surface area (Å²) in [5.74, 6) is 1.04. The van der Waals surface area contributed by atoms with Gasteiger partial charge in [0, 0.05) is 12.6 Å². The van der Waals surface area contributed by atoms with E-state index >= 15 is 0 Å². The Balaban J connectivity index is 2.14. The molecule has 2 aromatic heterocycles. The molecule has 0 N–H and O–H groups in total. The second-order valence-corrected chi connectivity index (χ2v) is 3.20. The second kappa shape index (κ2) is 4.27. The van der Waals surface area contributed by atoms with Gasteiger partial charge in [0.2, 0.25) is 5.88 Å². The third-order valence-corrected chi connectivity index (χ3v) is 1.97. The Labute approximate surface area is 91.7 Å². The number of hydrogen-bond donors (Lipinski definition) is 0. The predicted octanol–water partition coefficient (Wildman–Crippen LogP) is 2.14. The number of rotatable bonds is 3. The van der Waals surface area contributed by atoms with Gasteiger partial charge in [0.15, 0.2) is 5.75 Å². The summed E-state index contributed by atoms with van der Waals surface area (Å²) in [6.45, 7) is 2.80. The molecule has 5 nitrogen and oxygen atoms in total. The van der Waals surface area contributed by atoms with Crippen molar-refractivity contribution in [1.82, 2.24) is 19.7 Å². The Morgan fingerprint density at radius 2 is 2.33 bits per heavy atom. The average molecular weight is 225 g/mol. The predicted molar refractivity (Wildman–Crippen MR) is 55.0 cm³/mol. The summed E-state index contributed by atoms with van der Waals surface area (Å²) in [5, 5.41) is 4.42. The molecule has 2 aromatic rings. The first kappa shape index (κ1) is 9.92. The first-order chi connectivity index (χ1) is 7.28. The van der Waals surface area contributed by atoms with Crippen LogP contribution >= 0.6 is 11.6 Å². The summed E-state index contributed by atoms with van der Waals surface area (Å²) in [7, 11) is 0. The fourth-order valence-electron chi connectivity index (χ4n) is 1.06. The normalized spacial score (nSPS) is 10.3. The first-order valence-electron chi connectivity index (χ1n) is 4.46. The van der Waals surface area contributed by atoms with E-state index in [2.05, 4.69) is 15.1 Å². The molecule has 0 spiro atoms. The highest BCUT2D eigenvalue weighted by Crippen LogP contribution is 2.19. The summed E-state index contributed by atoms with van der Waals surface area (Å²) in [6, 6.07) is 1.55. The van der Waals surface area contributed by atoms with Crippen LogP contribution in [0.1, 0.15) is 6.92 Å². The molecule has 0 amide bonds. The quantitative estimate of drug-likeness (QED) is 0.750. The van der Waals surface area contributed by atoms with Crippen LogP contribution in [-0.2, 0) is 6.54 Å². The monoisotopic (exact) mass is 224 g/mol. The van der Waals surface area contributed by atoms with Crippen molar-refractivity contribution in [2.75, 3.05) is 0 Å². The highest BCUT2D eigenvalue weighted by molar-refractivity contribution is 6.29. The van der Waals surface area contributed by atoms with Crippen molar-refractivity contribution in [3.8, 4) is 11.6 Å². The van der Waals surface area contributed by atoms with Crippen LogP contribution in [0.5, 0.6) is 11.6 Å². The molecule has 0 bridgehead atoms. The van der Waals surface area contributed by atoms with Crippen LogP contribution in [0.3, 0.4) is 0 Å². The van der Waals surface area contributed by atoms with Gasteiger partial charge >= 0.3 is 0 Å². The lowest BCUT2D eigenvalue weighted by Crippen LogP contribution is -1.92. The molecule has 2 heterocycles. The molecule has 15 heavy (non-hydrogen) atoms. The number of aromatic nitrogens is 4. The van der Waals surface area contributed by atoms with Crippen LogP contribution in [0.25, 0.3) is 0 Å². The molecule has 0 aromatic carbocycles. The van der Waals surface area contributed by atoms with Crippen LogP contribution in [-0.4, -0.2) is 19.7 Å². The Kier molecular flexibility index (Phi) is 2.82. The smallest absolute Gasteiger partial charge is 0.223 e. The number of ether oxygens (including phenoxy) is 1. The van der Waals surface area contributed by atoms with Gasteiger partial charge < -0.3 is 4.74 Å². The summed E-state index contributed by atoms with van der Waals surface area (Å²) in [6.07, 6.45) is 4.76. The van der Waals surface area contributed by atoms with Gasteiger partial charge in [0.05, 0.1) is 12.4 Å². The molecular formula is C9H9ClN4O. The molecule has 0 aliphatic carbocycles. The zero-order valence-corrected chi connectivity index (χ0v) is 8.85. The average Bonchev–Trinajstić information content (AvgIpc) is 2.65. The molecule has 0 aliphatic rings. The second-order valence-electron chi connectivity index (χ2n) is 2.81. The van der Waals surface area contributed by atoms with Gasteiger partial charge in [-0.25, -0.2) is 9.97 Å². The van der Waals surface area contributed by atoms with E-state index in [1.165, 1.54) is 6.33 Å². The molecule has 2 rings (SSSR count). The van der Waals surface area contributed by atoms with Crippen molar-refractivity contribution in [2.24, 2.45) is 0 Å². The Morgan fingerprint density at radius 1 is 1.47 bits per heavy atom. The molecule has 6 heteroatoms. The maximum absolute atomic E-state index is 5.69. The maximum atomic E-state index is 5.69. The fourth-order valence-corrected chi connectivity index (χ4v) is 1.20. The third kappa shape index (κ3) is 2.44. The van der Waals surface area contributed by atoms with Crippen LogP contribution in [0.2, 0.25) is 5.15 Å². The van der Waals surface area contributed by atoms with Crippen LogP contribution in [0.4, 0.5) is 0 Å². The molecule has 0 aliphatic heterocycles. The van der Waals surface area contributed by atoms with Crippen molar-refractivity contribution in [2.45, 2.75) is 13.5 Å². The zero-order valence-electron chi connectivity index (χ0n) is 8.09. The summed E-state index contributed by atoms with van der Waals surface area (Å²) >= 11 is 5.69. The van der Waals surface area contributed by atoms with Crippen molar-refractivity contribution in [3.63, 3.8) is 0 Å². The van der Waals surface area contributed by atoms with E-state index in [9.17, 15) is 0 Å². The van der Waals surface area contributed by atoms with Gasteiger partial charge in [-0.2, -0.15) is 5.10 Å². The number of nitrogens with zero attached hydrogens (tertiary/aromatic N) is 4. The van der Waals surface area contributed by atoms with Gasteiger partial charge in [-0.3, -0.25) is 4.68 Å². The molecular weight excluding hydrogens is 216 g/mol. The highest BCUT2D eigenvalue weighted by Gasteiger charge is 2.02. The third-order valence-electron chi connectivity index (χ3n) is 1.76. The van der Waals surface area contributed by atoms with Crippen LogP contribution in [0.15, 0.2) is 24.8 Å².